The van der Waals surface area contributed by atoms with Crippen LogP contribution in [-0.4, -0.2) is 22.3 Å². The molecule has 0 radical (unpaired) electrons. The van der Waals surface area contributed by atoms with Gasteiger partial charge in [-0.1, -0.05) is 28.8 Å². The van der Waals surface area contributed by atoms with Gasteiger partial charge in [-0.25, -0.2) is 0 Å². The highest BCUT2D eigenvalue weighted by Crippen LogP contribution is 2.29. The quantitative estimate of drug-likeness (QED) is 0.837. The third-order valence-electron chi connectivity index (χ3n) is 3.64. The van der Waals surface area contributed by atoms with Gasteiger partial charge in [-0.05, 0) is 25.7 Å². The van der Waals surface area contributed by atoms with E-state index in [1.54, 1.807) is 6.92 Å². The Bertz CT molecular complexity index is 512. The molecule has 0 saturated heterocycles. The van der Waals surface area contributed by atoms with E-state index in [-0.39, 0.29) is 16.9 Å². The van der Waals surface area contributed by atoms with Crippen molar-refractivity contribution in [3.8, 4) is 0 Å². The summed E-state index contributed by atoms with van der Waals surface area (Å²) in [4.78, 5) is 27.1. The molecule has 1 heterocycles. The molecule has 2 unspecified atom stereocenters. The highest BCUT2D eigenvalue weighted by Gasteiger charge is 2.23. The molecule has 1 aromatic heterocycles. The number of carbonyl (C=O) groups is 1. The molecule has 1 aliphatic rings. The highest BCUT2D eigenvalue weighted by atomic mass is 79.9. The maximum atomic E-state index is 12.0. The molecule has 4 nitrogen and oxygen atoms in total. The van der Waals surface area contributed by atoms with E-state index in [1.807, 2.05) is 0 Å². The van der Waals surface area contributed by atoms with E-state index in [2.05, 4.69) is 26.2 Å². The number of pyridine rings is 1. The van der Waals surface area contributed by atoms with Crippen LogP contribution in [-0.2, 0) is 0 Å². The summed E-state index contributed by atoms with van der Waals surface area (Å²) in [5, 5.41) is 2.87. The normalized spacial score (nSPS) is 23.1. The molecule has 2 N–H and O–H groups in total. The zero-order valence-electron chi connectivity index (χ0n) is 11.0. The molecule has 2 rings (SSSR count). The number of nitrogens with one attached hydrogen (secondary N) is 2. The third-order valence-corrected chi connectivity index (χ3v) is 4.85. The molecule has 1 aromatic rings. The van der Waals surface area contributed by atoms with Crippen LogP contribution in [0.4, 0.5) is 0 Å². The van der Waals surface area contributed by atoms with Crippen molar-refractivity contribution in [1.82, 2.24) is 10.3 Å². The monoisotopic (exact) mass is 326 g/mol. The highest BCUT2D eigenvalue weighted by molar-refractivity contribution is 9.09. The lowest BCUT2D eigenvalue weighted by Crippen LogP contribution is -2.36. The van der Waals surface area contributed by atoms with Gasteiger partial charge in [0.1, 0.15) is 5.56 Å². The summed E-state index contributed by atoms with van der Waals surface area (Å²) >= 11 is 3.67. The van der Waals surface area contributed by atoms with E-state index in [1.165, 1.54) is 25.1 Å². The Labute approximate surface area is 121 Å². The Hall–Kier alpha value is -1.10. The predicted octanol–water partition coefficient (Wildman–Crippen LogP) is 2.37. The molecule has 5 heteroatoms. The Morgan fingerprint density at radius 1 is 1.47 bits per heavy atom. The van der Waals surface area contributed by atoms with Gasteiger partial charge in [0.25, 0.3) is 5.91 Å². The Balaban J connectivity index is 1.95. The second-order valence-electron chi connectivity index (χ2n) is 5.16. The van der Waals surface area contributed by atoms with E-state index in [4.69, 9.17) is 0 Å². The van der Waals surface area contributed by atoms with Gasteiger partial charge in [0.15, 0.2) is 5.43 Å². The number of aryl methyl sites for hydroxylation is 1. The molecule has 19 heavy (non-hydrogen) atoms. The van der Waals surface area contributed by atoms with Crippen LogP contribution < -0.4 is 10.7 Å². The summed E-state index contributed by atoms with van der Waals surface area (Å²) in [5.41, 5.74) is 0.717. The predicted molar refractivity (Wildman–Crippen MR) is 78.8 cm³/mol. The number of halogens is 1. The summed E-state index contributed by atoms with van der Waals surface area (Å²) in [6.07, 6.45) is 6.23. The summed E-state index contributed by atoms with van der Waals surface area (Å²) in [7, 11) is 0. The van der Waals surface area contributed by atoms with Crippen molar-refractivity contribution < 1.29 is 4.79 Å². The number of carbonyl (C=O) groups excluding carboxylic acids is 1. The van der Waals surface area contributed by atoms with E-state index in [0.29, 0.717) is 17.3 Å². The van der Waals surface area contributed by atoms with Crippen molar-refractivity contribution in [1.29, 1.82) is 0 Å². The van der Waals surface area contributed by atoms with Gasteiger partial charge in [0, 0.05) is 29.3 Å². The molecule has 1 aliphatic carbocycles. The fourth-order valence-corrected chi connectivity index (χ4v) is 3.24. The molecule has 1 fully saturated rings. The van der Waals surface area contributed by atoms with Crippen molar-refractivity contribution in [3.05, 3.63) is 33.7 Å². The van der Waals surface area contributed by atoms with Crippen LogP contribution in [0.5, 0.6) is 0 Å². The van der Waals surface area contributed by atoms with E-state index in [0.717, 1.165) is 18.5 Å². The van der Waals surface area contributed by atoms with Gasteiger partial charge >= 0.3 is 0 Å². The van der Waals surface area contributed by atoms with Crippen molar-refractivity contribution in [2.75, 3.05) is 6.54 Å². The first kappa shape index (κ1) is 14.3. The largest absolute Gasteiger partial charge is 0.364 e. The van der Waals surface area contributed by atoms with Crippen LogP contribution in [0.3, 0.4) is 0 Å². The molecule has 0 aromatic carbocycles. The lowest BCUT2D eigenvalue weighted by atomic mass is 9.89. The summed E-state index contributed by atoms with van der Waals surface area (Å²) < 4.78 is 0. The van der Waals surface area contributed by atoms with Crippen molar-refractivity contribution in [2.45, 2.75) is 37.4 Å². The van der Waals surface area contributed by atoms with Crippen LogP contribution in [0.15, 0.2) is 17.1 Å². The molecule has 1 amide bonds. The minimum Gasteiger partial charge on any atom is -0.364 e. The minimum atomic E-state index is -0.286. The van der Waals surface area contributed by atoms with Gasteiger partial charge in [-0.2, -0.15) is 0 Å². The lowest BCUT2D eigenvalue weighted by molar-refractivity contribution is 0.0943. The first-order chi connectivity index (χ1) is 9.08. The molecule has 0 spiro atoms. The molecule has 1 saturated carbocycles. The number of alkyl halides is 1. The molecule has 0 aliphatic heterocycles. The number of rotatable bonds is 3. The van der Waals surface area contributed by atoms with Crippen LogP contribution in [0.1, 0.15) is 41.7 Å². The van der Waals surface area contributed by atoms with Gasteiger partial charge < -0.3 is 10.3 Å². The smallest absolute Gasteiger partial charge is 0.256 e. The number of hydrogen-bond acceptors (Lipinski definition) is 2. The standard InChI is InChI=1S/C14H19BrN2O2/c1-9-6-13(18)11(8-16-9)14(19)17-7-10-4-2-3-5-12(10)15/h6,8,10,12H,2-5,7H2,1H3,(H,16,18)(H,17,19). The SMILES string of the molecule is Cc1cc(=O)c(C(=O)NCC2CCCCC2Br)c[nH]1. The molecular weight excluding hydrogens is 308 g/mol. The fraction of sp³-hybridized carbons (Fsp3) is 0.571. The molecule has 0 bridgehead atoms. The minimum absolute atomic E-state index is 0.188. The average molecular weight is 327 g/mol. The maximum absolute atomic E-state index is 12.0. The van der Waals surface area contributed by atoms with Gasteiger partial charge in [0.05, 0.1) is 0 Å². The molecule has 2 atom stereocenters. The van der Waals surface area contributed by atoms with Crippen molar-refractivity contribution in [3.63, 3.8) is 0 Å². The third kappa shape index (κ3) is 3.69. The number of aromatic nitrogens is 1. The first-order valence-corrected chi connectivity index (χ1v) is 7.61. The van der Waals surface area contributed by atoms with Crippen LogP contribution in [0, 0.1) is 12.8 Å². The van der Waals surface area contributed by atoms with Crippen LogP contribution in [0.25, 0.3) is 0 Å². The topological polar surface area (TPSA) is 62.0 Å². The molecular formula is C14H19BrN2O2. The lowest BCUT2D eigenvalue weighted by Gasteiger charge is -2.27. The zero-order valence-corrected chi connectivity index (χ0v) is 12.6. The second kappa shape index (κ2) is 6.37. The maximum Gasteiger partial charge on any atom is 0.256 e. The van der Waals surface area contributed by atoms with Crippen LogP contribution in [0.2, 0.25) is 0 Å². The van der Waals surface area contributed by atoms with Crippen molar-refractivity contribution >= 4 is 21.8 Å². The molecule has 104 valence electrons. The summed E-state index contributed by atoms with van der Waals surface area (Å²) in [6, 6.07) is 1.45. The number of amides is 1. The Kier molecular flexibility index (Phi) is 4.80. The van der Waals surface area contributed by atoms with Crippen LogP contribution >= 0.6 is 15.9 Å². The second-order valence-corrected chi connectivity index (χ2v) is 6.34. The van der Waals surface area contributed by atoms with Gasteiger partial charge in [0.2, 0.25) is 0 Å². The summed E-state index contributed by atoms with van der Waals surface area (Å²) in [6.45, 7) is 2.42. The van der Waals surface area contributed by atoms with Crippen molar-refractivity contribution in [2.24, 2.45) is 5.92 Å². The van der Waals surface area contributed by atoms with Gasteiger partial charge in [-0.15, -0.1) is 0 Å². The number of hydrogen-bond donors (Lipinski definition) is 2. The number of H-pyrrole nitrogens is 1. The number of aromatic amines is 1. The first-order valence-electron chi connectivity index (χ1n) is 6.69. The fourth-order valence-electron chi connectivity index (χ4n) is 2.46. The zero-order chi connectivity index (χ0) is 13.8. The van der Waals surface area contributed by atoms with E-state index < -0.39 is 0 Å². The van der Waals surface area contributed by atoms with E-state index >= 15 is 0 Å². The van der Waals surface area contributed by atoms with Gasteiger partial charge in [-0.3, -0.25) is 9.59 Å². The van der Waals surface area contributed by atoms with E-state index in [9.17, 15) is 9.59 Å². The summed E-state index contributed by atoms with van der Waals surface area (Å²) in [5.74, 6) is 0.175. The Morgan fingerprint density at radius 3 is 2.89 bits per heavy atom. The average Bonchev–Trinajstić information content (AvgIpc) is 2.37. The Morgan fingerprint density at radius 2 is 2.21 bits per heavy atom.